The average Bonchev–Trinajstić information content (AvgIpc) is 2.76. The van der Waals surface area contributed by atoms with Gasteiger partial charge in [-0.1, -0.05) is 18.2 Å². The van der Waals surface area contributed by atoms with Gasteiger partial charge in [0.1, 0.15) is 5.82 Å². The molecule has 0 amide bonds. The highest BCUT2D eigenvalue weighted by Gasteiger charge is 2.03. The Kier molecular flexibility index (Phi) is 3.19. The quantitative estimate of drug-likeness (QED) is 0.828. The molecule has 3 nitrogen and oxygen atoms in total. The zero-order valence-corrected chi connectivity index (χ0v) is 9.13. The Labute approximate surface area is 93.7 Å². The van der Waals surface area contributed by atoms with E-state index in [1.807, 2.05) is 12.1 Å². The second kappa shape index (κ2) is 4.79. The molecule has 0 aliphatic heterocycles. The average molecular weight is 219 g/mol. The molecule has 2 rings (SSSR count). The zero-order valence-electron chi connectivity index (χ0n) is 9.13. The van der Waals surface area contributed by atoms with Crippen molar-refractivity contribution in [1.29, 1.82) is 0 Å². The molecule has 0 atom stereocenters. The summed E-state index contributed by atoms with van der Waals surface area (Å²) in [7, 11) is 1.81. The summed E-state index contributed by atoms with van der Waals surface area (Å²) in [6, 6.07) is 6.85. The molecule has 0 saturated heterocycles. The molecule has 0 spiro atoms. The van der Waals surface area contributed by atoms with E-state index in [0.717, 1.165) is 23.6 Å². The lowest BCUT2D eigenvalue weighted by Gasteiger charge is -2.01. The van der Waals surface area contributed by atoms with Crippen LogP contribution in [0.2, 0.25) is 0 Å². The highest BCUT2D eigenvalue weighted by Crippen LogP contribution is 2.10. The Morgan fingerprint density at radius 2 is 2.12 bits per heavy atom. The molecule has 1 heterocycles. The number of aryl methyl sites for hydroxylation is 2. The Morgan fingerprint density at radius 3 is 2.81 bits per heavy atom. The summed E-state index contributed by atoms with van der Waals surface area (Å²) in [5.41, 5.74) is 1.75. The maximum absolute atomic E-state index is 13.3. The topological polar surface area (TPSA) is 40.7 Å². The lowest BCUT2D eigenvalue weighted by molar-refractivity contribution is 0.608. The largest absolute Gasteiger partial charge is 0.359 e. The van der Waals surface area contributed by atoms with E-state index in [4.69, 9.17) is 0 Å². The zero-order chi connectivity index (χ0) is 11.4. The number of aromatic nitrogens is 2. The van der Waals surface area contributed by atoms with Crippen molar-refractivity contribution in [3.05, 3.63) is 47.5 Å². The van der Waals surface area contributed by atoms with E-state index < -0.39 is 0 Å². The van der Waals surface area contributed by atoms with Gasteiger partial charge in [0.05, 0.1) is 6.20 Å². The fraction of sp³-hybridized carbons (Fsp3) is 0.250. The fourth-order valence-corrected chi connectivity index (χ4v) is 1.58. The van der Waals surface area contributed by atoms with E-state index in [1.165, 1.54) is 6.07 Å². The molecule has 0 bridgehead atoms. The van der Waals surface area contributed by atoms with Gasteiger partial charge in [0.25, 0.3) is 0 Å². The minimum absolute atomic E-state index is 0.143. The first-order chi connectivity index (χ1) is 7.79. The second-order valence-electron chi connectivity index (χ2n) is 3.60. The molecular weight excluding hydrogens is 205 g/mol. The van der Waals surface area contributed by atoms with Gasteiger partial charge in [0.2, 0.25) is 0 Å². The van der Waals surface area contributed by atoms with Crippen LogP contribution in [0.25, 0.3) is 0 Å². The summed E-state index contributed by atoms with van der Waals surface area (Å²) in [6.07, 6.45) is 3.21. The van der Waals surface area contributed by atoms with Gasteiger partial charge in [-0.15, -0.1) is 0 Å². The number of H-pyrrole nitrogens is 1. The van der Waals surface area contributed by atoms with Gasteiger partial charge in [-0.2, -0.15) is 0 Å². The van der Waals surface area contributed by atoms with E-state index in [0.29, 0.717) is 6.42 Å². The molecule has 1 aromatic heterocycles. The monoisotopic (exact) mass is 219 g/mol. The van der Waals surface area contributed by atoms with Crippen LogP contribution < -0.4 is 5.32 Å². The van der Waals surface area contributed by atoms with Crippen molar-refractivity contribution in [3.8, 4) is 0 Å². The Morgan fingerprint density at radius 1 is 1.31 bits per heavy atom. The van der Waals surface area contributed by atoms with Gasteiger partial charge >= 0.3 is 0 Å². The van der Waals surface area contributed by atoms with Gasteiger partial charge in [0.15, 0.2) is 5.95 Å². The SMILES string of the molecule is CNc1ncc(CCc2ccccc2F)[nH]1. The smallest absolute Gasteiger partial charge is 0.200 e. The molecule has 0 fully saturated rings. The highest BCUT2D eigenvalue weighted by atomic mass is 19.1. The summed E-state index contributed by atoms with van der Waals surface area (Å²) < 4.78 is 13.3. The molecule has 4 heteroatoms. The molecule has 2 N–H and O–H groups in total. The number of imidazole rings is 1. The van der Waals surface area contributed by atoms with Crippen molar-refractivity contribution >= 4 is 5.95 Å². The lowest BCUT2D eigenvalue weighted by Crippen LogP contribution is -1.95. The summed E-state index contributed by atoms with van der Waals surface area (Å²) in [6.45, 7) is 0. The normalized spacial score (nSPS) is 10.4. The number of anilines is 1. The van der Waals surface area contributed by atoms with Crippen LogP contribution >= 0.6 is 0 Å². The van der Waals surface area contributed by atoms with Crippen molar-refractivity contribution in [3.63, 3.8) is 0 Å². The molecule has 2 aromatic rings. The number of benzene rings is 1. The van der Waals surface area contributed by atoms with Crippen LogP contribution in [0.5, 0.6) is 0 Å². The number of nitrogens with zero attached hydrogens (tertiary/aromatic N) is 1. The number of hydrogen-bond donors (Lipinski definition) is 2. The minimum Gasteiger partial charge on any atom is -0.359 e. The summed E-state index contributed by atoms with van der Waals surface area (Å²) in [4.78, 5) is 7.22. The van der Waals surface area contributed by atoms with Gasteiger partial charge < -0.3 is 10.3 Å². The third-order valence-electron chi connectivity index (χ3n) is 2.49. The molecule has 0 aliphatic carbocycles. The van der Waals surface area contributed by atoms with Gasteiger partial charge in [0, 0.05) is 12.7 Å². The molecule has 84 valence electrons. The van der Waals surface area contributed by atoms with Gasteiger partial charge in [-0.25, -0.2) is 9.37 Å². The predicted molar refractivity (Wildman–Crippen MR) is 61.9 cm³/mol. The fourth-order valence-electron chi connectivity index (χ4n) is 1.58. The van der Waals surface area contributed by atoms with E-state index >= 15 is 0 Å². The standard InChI is InChI=1S/C12H14FN3/c1-14-12-15-8-10(16-12)7-6-9-4-2-3-5-11(9)13/h2-5,8H,6-7H2,1H3,(H2,14,15,16). The van der Waals surface area contributed by atoms with Crippen LogP contribution in [0, 0.1) is 5.82 Å². The minimum atomic E-state index is -0.143. The van der Waals surface area contributed by atoms with Crippen molar-refractivity contribution < 1.29 is 4.39 Å². The number of nitrogens with one attached hydrogen (secondary N) is 2. The first-order valence-electron chi connectivity index (χ1n) is 5.24. The first kappa shape index (κ1) is 10.7. The third kappa shape index (κ3) is 2.39. The van der Waals surface area contributed by atoms with E-state index in [2.05, 4.69) is 15.3 Å². The van der Waals surface area contributed by atoms with Crippen LogP contribution in [0.1, 0.15) is 11.3 Å². The Bertz CT molecular complexity index is 465. The number of hydrogen-bond acceptors (Lipinski definition) is 2. The molecule has 0 radical (unpaired) electrons. The van der Waals surface area contributed by atoms with Gasteiger partial charge in [-0.05, 0) is 24.5 Å². The van der Waals surface area contributed by atoms with E-state index in [9.17, 15) is 4.39 Å². The van der Waals surface area contributed by atoms with E-state index in [1.54, 1.807) is 19.3 Å². The van der Waals surface area contributed by atoms with Crippen LogP contribution in [-0.2, 0) is 12.8 Å². The highest BCUT2D eigenvalue weighted by molar-refractivity contribution is 5.25. The maximum atomic E-state index is 13.3. The predicted octanol–water partition coefficient (Wildman–Crippen LogP) is 2.38. The molecule has 0 aliphatic rings. The molecule has 0 saturated carbocycles. The first-order valence-corrected chi connectivity index (χ1v) is 5.24. The third-order valence-corrected chi connectivity index (χ3v) is 2.49. The van der Waals surface area contributed by atoms with Crippen LogP contribution in [0.3, 0.4) is 0 Å². The molecule has 0 unspecified atom stereocenters. The summed E-state index contributed by atoms with van der Waals surface area (Å²) in [5.74, 6) is 0.597. The second-order valence-corrected chi connectivity index (χ2v) is 3.60. The number of aromatic amines is 1. The molecule has 1 aromatic carbocycles. The number of rotatable bonds is 4. The van der Waals surface area contributed by atoms with Crippen molar-refractivity contribution in [2.75, 3.05) is 12.4 Å². The molecule has 16 heavy (non-hydrogen) atoms. The Balaban J connectivity index is 1.99. The van der Waals surface area contributed by atoms with Crippen molar-refractivity contribution in [2.45, 2.75) is 12.8 Å². The van der Waals surface area contributed by atoms with E-state index in [-0.39, 0.29) is 5.82 Å². The Hall–Kier alpha value is -1.84. The lowest BCUT2D eigenvalue weighted by atomic mass is 10.1. The van der Waals surface area contributed by atoms with Crippen LogP contribution in [0.4, 0.5) is 10.3 Å². The van der Waals surface area contributed by atoms with Crippen LogP contribution in [-0.4, -0.2) is 17.0 Å². The molecular formula is C12H14FN3. The van der Waals surface area contributed by atoms with Crippen molar-refractivity contribution in [2.24, 2.45) is 0 Å². The number of halogens is 1. The van der Waals surface area contributed by atoms with Crippen LogP contribution in [0.15, 0.2) is 30.5 Å². The van der Waals surface area contributed by atoms with Gasteiger partial charge in [-0.3, -0.25) is 0 Å². The maximum Gasteiger partial charge on any atom is 0.200 e. The summed E-state index contributed by atoms with van der Waals surface area (Å²) >= 11 is 0. The summed E-state index contributed by atoms with van der Waals surface area (Å²) in [5, 5.41) is 2.92. The van der Waals surface area contributed by atoms with Crippen molar-refractivity contribution in [1.82, 2.24) is 9.97 Å².